The highest BCUT2D eigenvalue weighted by molar-refractivity contribution is 5.56. The number of nitrogens with one attached hydrogen (secondary N) is 1. The molecule has 18 heavy (non-hydrogen) atoms. The molecule has 0 saturated carbocycles. The van der Waals surface area contributed by atoms with Gasteiger partial charge in [0, 0.05) is 11.1 Å². The maximum atomic E-state index is 12.0. The number of aromatic nitrogens is 2. The number of aryl methyl sites for hydroxylation is 1. The lowest BCUT2D eigenvalue weighted by Crippen LogP contribution is -2.21. The van der Waals surface area contributed by atoms with Crippen LogP contribution in [-0.2, 0) is 12.8 Å². The lowest BCUT2D eigenvalue weighted by Gasteiger charge is -2.14. The van der Waals surface area contributed by atoms with Crippen LogP contribution in [0.5, 0.6) is 5.75 Å². The molecule has 0 fully saturated rings. The Hall–Kier alpha value is -2.10. The first kappa shape index (κ1) is 11.0. The molecule has 1 aliphatic carbocycles. The number of fused-ring (bicyclic) bond motifs is 1. The number of aromatic amines is 1. The molecule has 0 bridgehead atoms. The lowest BCUT2D eigenvalue weighted by molar-refractivity contribution is 0.475. The molecular weight excluding hydrogens is 228 g/mol. The average molecular weight is 242 g/mol. The highest BCUT2D eigenvalue weighted by atomic mass is 16.3. The largest absolute Gasteiger partial charge is 0.508 e. The highest BCUT2D eigenvalue weighted by Crippen LogP contribution is 2.21. The van der Waals surface area contributed by atoms with Crippen LogP contribution in [-0.4, -0.2) is 15.1 Å². The summed E-state index contributed by atoms with van der Waals surface area (Å²) in [6.07, 6.45) is 3.87. The van der Waals surface area contributed by atoms with Crippen LogP contribution in [0.4, 0.5) is 0 Å². The van der Waals surface area contributed by atoms with E-state index in [0.29, 0.717) is 5.82 Å². The van der Waals surface area contributed by atoms with Crippen molar-refractivity contribution in [1.29, 1.82) is 0 Å². The van der Waals surface area contributed by atoms with E-state index < -0.39 is 0 Å². The molecule has 2 aromatic rings. The molecule has 92 valence electrons. The average Bonchev–Trinajstić information content (AvgIpc) is 2.39. The van der Waals surface area contributed by atoms with E-state index in [9.17, 15) is 9.90 Å². The zero-order chi connectivity index (χ0) is 12.5. The minimum Gasteiger partial charge on any atom is -0.508 e. The van der Waals surface area contributed by atoms with Crippen LogP contribution in [0.3, 0.4) is 0 Å². The van der Waals surface area contributed by atoms with Crippen molar-refractivity contribution in [3.8, 4) is 17.1 Å². The van der Waals surface area contributed by atoms with Gasteiger partial charge in [0.15, 0.2) is 0 Å². The summed E-state index contributed by atoms with van der Waals surface area (Å²) in [5.41, 5.74) is 2.55. The first-order valence-corrected chi connectivity index (χ1v) is 6.15. The van der Waals surface area contributed by atoms with Crippen LogP contribution in [0.2, 0.25) is 0 Å². The number of rotatable bonds is 1. The van der Waals surface area contributed by atoms with Crippen molar-refractivity contribution in [2.45, 2.75) is 25.7 Å². The number of aromatic hydroxyl groups is 1. The first-order valence-electron chi connectivity index (χ1n) is 6.15. The van der Waals surface area contributed by atoms with Gasteiger partial charge in [0.2, 0.25) is 0 Å². The third-order valence-corrected chi connectivity index (χ3v) is 3.33. The molecule has 0 aliphatic heterocycles. The van der Waals surface area contributed by atoms with Gasteiger partial charge in [0.25, 0.3) is 5.56 Å². The van der Waals surface area contributed by atoms with Gasteiger partial charge in [0.1, 0.15) is 11.6 Å². The molecule has 0 saturated heterocycles. The Labute approximate surface area is 104 Å². The molecule has 0 atom stereocenters. The fourth-order valence-corrected chi connectivity index (χ4v) is 2.36. The zero-order valence-electron chi connectivity index (χ0n) is 9.94. The Bertz CT molecular complexity index is 629. The Morgan fingerprint density at radius 1 is 1.11 bits per heavy atom. The molecule has 1 heterocycles. The van der Waals surface area contributed by atoms with Crippen LogP contribution in [0, 0.1) is 0 Å². The number of hydrogen-bond donors (Lipinski definition) is 2. The Kier molecular flexibility index (Phi) is 2.63. The SMILES string of the molecule is O=c1[nH]c(-c2ccc(O)cc2)nc2c1CCCC2. The number of nitrogens with zero attached hydrogens (tertiary/aromatic N) is 1. The minimum atomic E-state index is -0.0252. The summed E-state index contributed by atoms with van der Waals surface area (Å²) in [6.45, 7) is 0. The van der Waals surface area contributed by atoms with Crippen LogP contribution in [0.1, 0.15) is 24.1 Å². The first-order chi connectivity index (χ1) is 8.74. The molecule has 0 unspecified atom stereocenters. The molecule has 1 aromatic heterocycles. The van der Waals surface area contributed by atoms with Crippen LogP contribution < -0.4 is 5.56 Å². The number of phenolic OH excluding ortho intramolecular Hbond substituents is 1. The smallest absolute Gasteiger partial charge is 0.254 e. The summed E-state index contributed by atoms with van der Waals surface area (Å²) in [6, 6.07) is 6.69. The maximum absolute atomic E-state index is 12.0. The molecule has 0 spiro atoms. The van der Waals surface area contributed by atoms with Crippen molar-refractivity contribution >= 4 is 0 Å². The normalized spacial score (nSPS) is 14.2. The second kappa shape index (κ2) is 4.29. The summed E-state index contributed by atoms with van der Waals surface area (Å²) in [5.74, 6) is 0.791. The van der Waals surface area contributed by atoms with Gasteiger partial charge in [-0.2, -0.15) is 0 Å². The minimum absolute atomic E-state index is 0.0252. The van der Waals surface area contributed by atoms with E-state index in [1.165, 1.54) is 0 Å². The second-order valence-corrected chi connectivity index (χ2v) is 4.59. The molecule has 3 rings (SSSR count). The molecule has 4 nitrogen and oxygen atoms in total. The van der Waals surface area contributed by atoms with Crippen molar-refractivity contribution in [1.82, 2.24) is 9.97 Å². The van der Waals surface area contributed by atoms with E-state index in [1.807, 2.05) is 0 Å². The predicted molar refractivity (Wildman–Crippen MR) is 68.6 cm³/mol. The molecule has 0 amide bonds. The molecule has 4 heteroatoms. The van der Waals surface area contributed by atoms with Gasteiger partial charge in [-0.25, -0.2) is 4.98 Å². The molecule has 1 aromatic carbocycles. The van der Waals surface area contributed by atoms with Crippen molar-refractivity contribution in [3.05, 3.63) is 45.9 Å². The summed E-state index contributed by atoms with van der Waals surface area (Å²) in [7, 11) is 0. The van der Waals surface area contributed by atoms with E-state index >= 15 is 0 Å². The van der Waals surface area contributed by atoms with Crippen LogP contribution >= 0.6 is 0 Å². The molecule has 0 radical (unpaired) electrons. The molecule has 2 N–H and O–H groups in total. The van der Waals surface area contributed by atoms with Crippen LogP contribution in [0.15, 0.2) is 29.1 Å². The second-order valence-electron chi connectivity index (χ2n) is 4.59. The summed E-state index contributed by atoms with van der Waals surface area (Å²) < 4.78 is 0. The lowest BCUT2D eigenvalue weighted by atomic mass is 9.97. The van der Waals surface area contributed by atoms with Gasteiger partial charge in [-0.3, -0.25) is 4.79 Å². The van der Waals surface area contributed by atoms with Gasteiger partial charge in [0.05, 0.1) is 5.69 Å². The monoisotopic (exact) mass is 242 g/mol. The fraction of sp³-hybridized carbons (Fsp3) is 0.286. The number of H-pyrrole nitrogens is 1. The van der Waals surface area contributed by atoms with Crippen molar-refractivity contribution in [2.75, 3.05) is 0 Å². The fourth-order valence-electron chi connectivity index (χ4n) is 2.36. The topological polar surface area (TPSA) is 66.0 Å². The Morgan fingerprint density at radius 3 is 2.61 bits per heavy atom. The Morgan fingerprint density at radius 2 is 1.83 bits per heavy atom. The standard InChI is InChI=1S/C14H14N2O2/c17-10-7-5-9(6-8-10)13-15-12-4-2-1-3-11(12)14(18)16-13/h5-8,17H,1-4H2,(H,15,16,18). The van der Waals surface area contributed by atoms with Crippen molar-refractivity contribution in [2.24, 2.45) is 0 Å². The quantitative estimate of drug-likeness (QED) is 0.804. The summed E-state index contributed by atoms with van der Waals surface area (Å²) in [5, 5.41) is 9.26. The predicted octanol–water partition coefficient (Wildman–Crippen LogP) is 2.02. The molecular formula is C14H14N2O2. The maximum Gasteiger partial charge on any atom is 0.254 e. The number of phenols is 1. The third-order valence-electron chi connectivity index (χ3n) is 3.33. The van der Waals surface area contributed by atoms with Crippen molar-refractivity contribution < 1.29 is 5.11 Å². The van der Waals surface area contributed by atoms with E-state index in [1.54, 1.807) is 24.3 Å². The van der Waals surface area contributed by atoms with E-state index in [2.05, 4.69) is 9.97 Å². The van der Waals surface area contributed by atoms with Gasteiger partial charge in [-0.15, -0.1) is 0 Å². The van der Waals surface area contributed by atoms with Gasteiger partial charge in [-0.05, 0) is 49.9 Å². The van der Waals surface area contributed by atoms with Gasteiger partial charge in [-0.1, -0.05) is 0 Å². The number of benzene rings is 1. The van der Waals surface area contributed by atoms with E-state index in [-0.39, 0.29) is 11.3 Å². The van der Waals surface area contributed by atoms with Crippen LogP contribution in [0.25, 0.3) is 11.4 Å². The van der Waals surface area contributed by atoms with Gasteiger partial charge >= 0.3 is 0 Å². The third kappa shape index (κ3) is 1.90. The molecule has 1 aliphatic rings. The number of hydrogen-bond acceptors (Lipinski definition) is 3. The Balaban J connectivity index is 2.11. The van der Waals surface area contributed by atoms with Crippen molar-refractivity contribution in [3.63, 3.8) is 0 Å². The van der Waals surface area contributed by atoms with E-state index in [4.69, 9.17) is 0 Å². The summed E-state index contributed by atoms with van der Waals surface area (Å²) in [4.78, 5) is 19.3. The summed E-state index contributed by atoms with van der Waals surface area (Å²) >= 11 is 0. The van der Waals surface area contributed by atoms with Gasteiger partial charge < -0.3 is 10.1 Å². The van der Waals surface area contributed by atoms with E-state index in [0.717, 1.165) is 42.5 Å². The zero-order valence-corrected chi connectivity index (χ0v) is 9.94. The highest BCUT2D eigenvalue weighted by Gasteiger charge is 2.15.